The average Bonchev–Trinajstić information content (AvgIpc) is 3.25. The quantitative estimate of drug-likeness (QED) is 0.454. The van der Waals surface area contributed by atoms with Crippen LogP contribution in [0.3, 0.4) is 0 Å². The summed E-state index contributed by atoms with van der Waals surface area (Å²) in [4.78, 5) is 12.8. The van der Waals surface area contributed by atoms with Crippen molar-refractivity contribution in [2.75, 3.05) is 0 Å². The number of amides is 1. The Balaban J connectivity index is 1.60. The summed E-state index contributed by atoms with van der Waals surface area (Å²) in [6, 6.07) is 22.2. The number of carbonyl (C=O) groups excluding carboxylic acids is 1. The first kappa shape index (κ1) is 17.1. The van der Waals surface area contributed by atoms with E-state index >= 15 is 0 Å². The van der Waals surface area contributed by atoms with Gasteiger partial charge in [0, 0.05) is 17.6 Å². The van der Waals surface area contributed by atoms with Gasteiger partial charge in [-0.15, -0.1) is 11.3 Å². The highest BCUT2D eigenvalue weighted by atomic mass is 79.9. The minimum absolute atomic E-state index is 0.0469. The van der Waals surface area contributed by atoms with Crippen LogP contribution in [0.25, 0.3) is 10.2 Å². The highest BCUT2D eigenvalue weighted by molar-refractivity contribution is 9.10. The van der Waals surface area contributed by atoms with E-state index in [-0.39, 0.29) is 5.91 Å². The standard InChI is InChI=1S/C21H17BrN2OS/c22-17-8-6-16(7-9-17)14-24-18-10-11-26-20(18)12-19(24)21(25)23-13-15-4-2-1-3-5-15/h1-12H,13-14H2,(H,23,25). The van der Waals surface area contributed by atoms with Crippen LogP contribution < -0.4 is 5.32 Å². The van der Waals surface area contributed by atoms with E-state index in [1.807, 2.05) is 48.5 Å². The van der Waals surface area contributed by atoms with Gasteiger partial charge in [-0.1, -0.05) is 58.4 Å². The molecule has 130 valence electrons. The first-order chi connectivity index (χ1) is 12.7. The van der Waals surface area contributed by atoms with Gasteiger partial charge in [0.05, 0.1) is 10.2 Å². The Bertz CT molecular complexity index is 1040. The van der Waals surface area contributed by atoms with Gasteiger partial charge in [-0.2, -0.15) is 0 Å². The van der Waals surface area contributed by atoms with Gasteiger partial charge < -0.3 is 9.88 Å². The predicted octanol–water partition coefficient (Wildman–Crippen LogP) is 5.44. The van der Waals surface area contributed by atoms with Crippen LogP contribution in [0.4, 0.5) is 0 Å². The molecule has 0 unspecified atom stereocenters. The lowest BCUT2D eigenvalue weighted by Crippen LogP contribution is -2.25. The summed E-state index contributed by atoms with van der Waals surface area (Å²) in [6.07, 6.45) is 0. The van der Waals surface area contributed by atoms with Crippen molar-refractivity contribution in [1.82, 2.24) is 9.88 Å². The highest BCUT2D eigenvalue weighted by Gasteiger charge is 2.16. The van der Waals surface area contributed by atoms with Crippen LogP contribution in [-0.2, 0) is 13.1 Å². The number of aromatic nitrogens is 1. The first-order valence-electron chi connectivity index (χ1n) is 8.34. The topological polar surface area (TPSA) is 34.0 Å². The fourth-order valence-corrected chi connectivity index (χ4v) is 4.06. The number of halogens is 1. The van der Waals surface area contributed by atoms with Gasteiger partial charge in [0.1, 0.15) is 5.69 Å². The van der Waals surface area contributed by atoms with E-state index in [4.69, 9.17) is 0 Å². The second-order valence-electron chi connectivity index (χ2n) is 6.08. The fourth-order valence-electron chi connectivity index (χ4n) is 2.98. The van der Waals surface area contributed by atoms with Crippen LogP contribution in [0.1, 0.15) is 21.6 Å². The van der Waals surface area contributed by atoms with Gasteiger partial charge in [-0.25, -0.2) is 0 Å². The van der Waals surface area contributed by atoms with E-state index in [1.54, 1.807) is 11.3 Å². The molecular formula is C21H17BrN2OS. The monoisotopic (exact) mass is 424 g/mol. The van der Waals surface area contributed by atoms with Crippen LogP contribution >= 0.6 is 27.3 Å². The number of rotatable bonds is 5. The van der Waals surface area contributed by atoms with E-state index in [0.29, 0.717) is 18.8 Å². The predicted molar refractivity (Wildman–Crippen MR) is 111 cm³/mol. The minimum atomic E-state index is -0.0469. The van der Waals surface area contributed by atoms with Crippen molar-refractivity contribution in [1.29, 1.82) is 0 Å². The fraction of sp³-hybridized carbons (Fsp3) is 0.0952. The Morgan fingerprint density at radius 1 is 1.00 bits per heavy atom. The van der Waals surface area contributed by atoms with Gasteiger partial charge in [-0.05, 0) is 40.8 Å². The summed E-state index contributed by atoms with van der Waals surface area (Å²) >= 11 is 5.13. The molecule has 0 aliphatic rings. The van der Waals surface area contributed by atoms with Crippen LogP contribution in [0, 0.1) is 0 Å². The largest absolute Gasteiger partial charge is 0.347 e. The molecule has 2 aromatic heterocycles. The molecule has 2 heterocycles. The van der Waals surface area contributed by atoms with E-state index < -0.39 is 0 Å². The molecule has 26 heavy (non-hydrogen) atoms. The SMILES string of the molecule is O=C(NCc1ccccc1)c1cc2sccc2n1Cc1ccc(Br)cc1. The zero-order valence-electron chi connectivity index (χ0n) is 14.0. The number of hydrogen-bond acceptors (Lipinski definition) is 2. The molecule has 0 saturated heterocycles. The lowest BCUT2D eigenvalue weighted by atomic mass is 10.2. The van der Waals surface area contributed by atoms with E-state index in [1.165, 1.54) is 0 Å². The molecule has 0 radical (unpaired) electrons. The second-order valence-corrected chi connectivity index (χ2v) is 7.94. The third-order valence-corrected chi connectivity index (χ3v) is 5.69. The van der Waals surface area contributed by atoms with Crippen LogP contribution in [0.2, 0.25) is 0 Å². The Labute approximate surface area is 164 Å². The molecule has 0 aliphatic heterocycles. The van der Waals surface area contributed by atoms with Crippen LogP contribution in [0.15, 0.2) is 76.6 Å². The summed E-state index contributed by atoms with van der Waals surface area (Å²) in [5.41, 5.74) is 4.05. The molecular weight excluding hydrogens is 408 g/mol. The van der Waals surface area contributed by atoms with Crippen molar-refractivity contribution in [2.45, 2.75) is 13.1 Å². The third kappa shape index (κ3) is 3.59. The summed E-state index contributed by atoms with van der Waals surface area (Å²) < 4.78 is 4.28. The molecule has 0 aliphatic carbocycles. The number of thiophene rings is 1. The lowest BCUT2D eigenvalue weighted by Gasteiger charge is -2.11. The van der Waals surface area contributed by atoms with E-state index in [2.05, 4.69) is 49.4 Å². The molecule has 1 amide bonds. The molecule has 1 N–H and O–H groups in total. The van der Waals surface area contributed by atoms with Gasteiger partial charge in [-0.3, -0.25) is 4.79 Å². The van der Waals surface area contributed by atoms with E-state index in [0.717, 1.165) is 25.8 Å². The summed E-state index contributed by atoms with van der Waals surface area (Å²) in [6.45, 7) is 1.19. The zero-order chi connectivity index (χ0) is 17.9. The Hall–Kier alpha value is -2.37. The van der Waals surface area contributed by atoms with Gasteiger partial charge in [0.2, 0.25) is 0 Å². The van der Waals surface area contributed by atoms with Crippen molar-refractivity contribution in [3.05, 3.63) is 93.4 Å². The minimum Gasteiger partial charge on any atom is -0.347 e. The van der Waals surface area contributed by atoms with Gasteiger partial charge >= 0.3 is 0 Å². The molecule has 2 aromatic carbocycles. The smallest absolute Gasteiger partial charge is 0.268 e. The highest BCUT2D eigenvalue weighted by Crippen LogP contribution is 2.26. The normalized spacial score (nSPS) is 11.0. The third-order valence-electron chi connectivity index (χ3n) is 4.31. The second kappa shape index (κ2) is 7.48. The number of carbonyl (C=O) groups is 1. The summed E-state index contributed by atoms with van der Waals surface area (Å²) in [7, 11) is 0. The summed E-state index contributed by atoms with van der Waals surface area (Å²) in [5, 5.41) is 5.10. The molecule has 0 saturated carbocycles. The molecule has 5 heteroatoms. The molecule has 3 nitrogen and oxygen atoms in total. The Morgan fingerprint density at radius 2 is 1.77 bits per heavy atom. The zero-order valence-corrected chi connectivity index (χ0v) is 16.4. The number of fused-ring (bicyclic) bond motifs is 1. The molecule has 4 rings (SSSR count). The Morgan fingerprint density at radius 3 is 2.54 bits per heavy atom. The molecule has 0 bridgehead atoms. The maximum Gasteiger partial charge on any atom is 0.268 e. The molecule has 0 fully saturated rings. The summed E-state index contributed by atoms with van der Waals surface area (Å²) in [5.74, 6) is -0.0469. The average molecular weight is 425 g/mol. The number of nitrogens with one attached hydrogen (secondary N) is 1. The van der Waals surface area contributed by atoms with Crippen molar-refractivity contribution in [3.63, 3.8) is 0 Å². The lowest BCUT2D eigenvalue weighted by molar-refractivity contribution is 0.0942. The number of benzene rings is 2. The van der Waals surface area contributed by atoms with Crippen molar-refractivity contribution in [2.24, 2.45) is 0 Å². The van der Waals surface area contributed by atoms with Crippen molar-refractivity contribution in [3.8, 4) is 0 Å². The van der Waals surface area contributed by atoms with Gasteiger partial charge in [0.15, 0.2) is 0 Å². The first-order valence-corrected chi connectivity index (χ1v) is 10.0. The maximum absolute atomic E-state index is 12.8. The molecule has 0 atom stereocenters. The maximum atomic E-state index is 12.8. The molecule has 0 spiro atoms. The van der Waals surface area contributed by atoms with Crippen molar-refractivity contribution < 1.29 is 4.79 Å². The van der Waals surface area contributed by atoms with Gasteiger partial charge in [0.25, 0.3) is 5.91 Å². The Kier molecular flexibility index (Phi) is 4.91. The number of nitrogens with zero attached hydrogens (tertiary/aromatic N) is 1. The van der Waals surface area contributed by atoms with Crippen LogP contribution in [0.5, 0.6) is 0 Å². The van der Waals surface area contributed by atoms with E-state index in [9.17, 15) is 4.79 Å². The number of hydrogen-bond donors (Lipinski definition) is 1. The van der Waals surface area contributed by atoms with Crippen LogP contribution in [-0.4, -0.2) is 10.5 Å². The molecule has 4 aromatic rings. The van der Waals surface area contributed by atoms with Crippen molar-refractivity contribution >= 4 is 43.4 Å².